The number of hydrogen-bond donors (Lipinski definition) is 0. The molecule has 2 fully saturated rings. The highest BCUT2D eigenvalue weighted by Crippen LogP contribution is 2.35. The quantitative estimate of drug-likeness (QED) is 0.779. The molecule has 2 aliphatic heterocycles. The van der Waals surface area contributed by atoms with E-state index in [1.807, 2.05) is 0 Å². The van der Waals surface area contributed by atoms with Gasteiger partial charge in [0.25, 0.3) is 0 Å². The number of alkyl halides is 1. The molecular formula is C18H32FN3. The number of nitrogens with zero attached hydrogens (tertiary/aromatic N) is 3. The summed E-state index contributed by atoms with van der Waals surface area (Å²) in [7, 11) is 0. The van der Waals surface area contributed by atoms with E-state index in [1.54, 1.807) is 0 Å². The van der Waals surface area contributed by atoms with Crippen molar-refractivity contribution < 1.29 is 4.39 Å². The van der Waals surface area contributed by atoms with Crippen LogP contribution in [0.4, 0.5) is 4.39 Å². The van der Waals surface area contributed by atoms with Crippen LogP contribution in [0.1, 0.15) is 52.4 Å². The van der Waals surface area contributed by atoms with Gasteiger partial charge in [-0.25, -0.2) is 4.39 Å². The van der Waals surface area contributed by atoms with Crippen LogP contribution in [0.15, 0.2) is 4.99 Å². The molecule has 3 nitrogen and oxygen atoms in total. The van der Waals surface area contributed by atoms with Gasteiger partial charge in [0.1, 0.15) is 6.17 Å². The number of piperazine rings is 1. The number of halogens is 1. The summed E-state index contributed by atoms with van der Waals surface area (Å²) < 4.78 is 13.6. The summed E-state index contributed by atoms with van der Waals surface area (Å²) in [4.78, 5) is 9.95. The first-order valence-corrected chi connectivity index (χ1v) is 9.30. The van der Waals surface area contributed by atoms with Crippen LogP contribution in [-0.2, 0) is 0 Å². The number of hydrogen-bond acceptors (Lipinski definition) is 3. The highest BCUT2D eigenvalue weighted by molar-refractivity contribution is 5.83. The smallest absolute Gasteiger partial charge is 0.100 e. The van der Waals surface area contributed by atoms with Crippen molar-refractivity contribution in [3.63, 3.8) is 0 Å². The predicted octanol–water partition coefficient (Wildman–Crippen LogP) is 3.35. The van der Waals surface area contributed by atoms with Crippen LogP contribution in [0.5, 0.6) is 0 Å². The molecule has 22 heavy (non-hydrogen) atoms. The molecule has 0 aromatic rings. The van der Waals surface area contributed by atoms with Gasteiger partial charge in [0, 0.05) is 45.2 Å². The van der Waals surface area contributed by atoms with E-state index < -0.39 is 6.17 Å². The highest BCUT2D eigenvalue weighted by Gasteiger charge is 2.31. The van der Waals surface area contributed by atoms with Gasteiger partial charge in [0.15, 0.2) is 0 Å². The topological polar surface area (TPSA) is 18.8 Å². The normalized spacial score (nSPS) is 34.8. The van der Waals surface area contributed by atoms with E-state index in [9.17, 15) is 4.39 Å². The lowest BCUT2D eigenvalue weighted by Gasteiger charge is -2.40. The average Bonchev–Trinajstić information content (AvgIpc) is 2.55. The first kappa shape index (κ1) is 16.2. The van der Waals surface area contributed by atoms with Gasteiger partial charge in [-0.15, -0.1) is 0 Å². The van der Waals surface area contributed by atoms with Gasteiger partial charge < -0.3 is 4.90 Å². The van der Waals surface area contributed by atoms with Gasteiger partial charge >= 0.3 is 0 Å². The van der Waals surface area contributed by atoms with Gasteiger partial charge in [0.05, 0.1) is 5.84 Å². The first-order chi connectivity index (χ1) is 10.6. The van der Waals surface area contributed by atoms with Crippen LogP contribution in [0, 0.1) is 11.8 Å². The second-order valence-electron chi connectivity index (χ2n) is 7.70. The van der Waals surface area contributed by atoms with Gasteiger partial charge in [-0.3, -0.25) is 9.89 Å². The highest BCUT2D eigenvalue weighted by atomic mass is 19.1. The Kier molecular flexibility index (Phi) is 5.37. The maximum atomic E-state index is 13.6. The Morgan fingerprint density at radius 1 is 1.05 bits per heavy atom. The summed E-state index contributed by atoms with van der Waals surface area (Å²) in [5.74, 6) is 2.55. The molecule has 0 N–H and O–H groups in total. The Morgan fingerprint density at radius 2 is 1.82 bits per heavy atom. The van der Waals surface area contributed by atoms with Crippen LogP contribution < -0.4 is 0 Å². The lowest BCUT2D eigenvalue weighted by Crippen LogP contribution is -2.51. The third-order valence-corrected chi connectivity index (χ3v) is 5.97. The molecule has 3 aliphatic rings. The van der Waals surface area contributed by atoms with Gasteiger partial charge in [0.2, 0.25) is 0 Å². The van der Waals surface area contributed by atoms with Crippen LogP contribution >= 0.6 is 0 Å². The third kappa shape index (κ3) is 3.81. The van der Waals surface area contributed by atoms with E-state index in [0.29, 0.717) is 17.9 Å². The fraction of sp³-hybridized carbons (Fsp3) is 0.944. The minimum atomic E-state index is -0.548. The molecule has 1 saturated heterocycles. The van der Waals surface area contributed by atoms with Crippen LogP contribution in [0.2, 0.25) is 0 Å². The predicted molar refractivity (Wildman–Crippen MR) is 90.2 cm³/mol. The van der Waals surface area contributed by atoms with E-state index in [1.165, 1.54) is 18.7 Å². The van der Waals surface area contributed by atoms with Crippen molar-refractivity contribution in [2.75, 3.05) is 32.7 Å². The van der Waals surface area contributed by atoms with E-state index in [4.69, 9.17) is 4.99 Å². The molecule has 3 atom stereocenters. The maximum Gasteiger partial charge on any atom is 0.100 e. The van der Waals surface area contributed by atoms with Crippen molar-refractivity contribution in [3.05, 3.63) is 0 Å². The maximum absolute atomic E-state index is 13.6. The van der Waals surface area contributed by atoms with Crippen molar-refractivity contribution in [1.29, 1.82) is 0 Å². The molecule has 3 rings (SSSR count). The molecule has 0 aromatic carbocycles. The zero-order chi connectivity index (χ0) is 15.5. The lowest BCUT2D eigenvalue weighted by atomic mass is 9.76. The molecule has 0 amide bonds. The summed E-state index contributed by atoms with van der Waals surface area (Å²) in [6.45, 7) is 10.1. The van der Waals surface area contributed by atoms with E-state index in [0.717, 1.165) is 58.4 Å². The average molecular weight is 309 g/mol. The second-order valence-corrected chi connectivity index (χ2v) is 7.70. The van der Waals surface area contributed by atoms with Gasteiger partial charge in [-0.2, -0.15) is 0 Å². The van der Waals surface area contributed by atoms with Crippen LogP contribution in [0.25, 0.3) is 0 Å². The molecule has 0 spiro atoms. The van der Waals surface area contributed by atoms with E-state index >= 15 is 0 Å². The van der Waals surface area contributed by atoms with Crippen molar-refractivity contribution >= 4 is 5.84 Å². The van der Waals surface area contributed by atoms with Crippen LogP contribution in [0.3, 0.4) is 0 Å². The fourth-order valence-corrected chi connectivity index (χ4v) is 4.44. The zero-order valence-corrected chi connectivity index (χ0v) is 14.3. The molecule has 3 unspecified atom stereocenters. The zero-order valence-electron chi connectivity index (χ0n) is 14.3. The Balaban J connectivity index is 1.49. The Hall–Kier alpha value is -0.640. The summed E-state index contributed by atoms with van der Waals surface area (Å²) in [6.07, 6.45) is 5.67. The van der Waals surface area contributed by atoms with Gasteiger partial charge in [-0.05, 0) is 51.4 Å². The molecule has 1 saturated carbocycles. The molecule has 4 heteroatoms. The van der Waals surface area contributed by atoms with Crippen molar-refractivity contribution in [1.82, 2.24) is 9.80 Å². The lowest BCUT2D eigenvalue weighted by molar-refractivity contribution is 0.138. The minimum absolute atomic E-state index is 0.548. The SMILES string of the molecule is CC(C)N1CCN(C2=NCC(C3CCCC(F)C3)CC2)CC1. The largest absolute Gasteiger partial charge is 0.358 e. The summed E-state index contributed by atoms with van der Waals surface area (Å²) >= 11 is 0. The Labute approximate surface area is 135 Å². The second kappa shape index (κ2) is 7.29. The number of rotatable bonds is 2. The van der Waals surface area contributed by atoms with E-state index in [2.05, 4.69) is 23.6 Å². The van der Waals surface area contributed by atoms with E-state index in [-0.39, 0.29) is 0 Å². The molecule has 126 valence electrons. The molecule has 0 bridgehead atoms. The monoisotopic (exact) mass is 309 g/mol. The number of amidine groups is 1. The molecule has 0 radical (unpaired) electrons. The summed E-state index contributed by atoms with van der Waals surface area (Å²) in [5, 5.41) is 0. The van der Waals surface area contributed by atoms with Crippen molar-refractivity contribution in [2.24, 2.45) is 16.8 Å². The third-order valence-electron chi connectivity index (χ3n) is 5.97. The summed E-state index contributed by atoms with van der Waals surface area (Å²) in [6, 6.07) is 0.653. The minimum Gasteiger partial charge on any atom is -0.358 e. The molecule has 1 aliphatic carbocycles. The van der Waals surface area contributed by atoms with Gasteiger partial charge in [-0.1, -0.05) is 6.42 Å². The first-order valence-electron chi connectivity index (χ1n) is 9.30. The van der Waals surface area contributed by atoms with Crippen LogP contribution in [-0.4, -0.2) is 60.6 Å². The Bertz CT molecular complexity index is 388. The fourth-order valence-electron chi connectivity index (χ4n) is 4.44. The molecular weight excluding hydrogens is 277 g/mol. The molecule has 0 aromatic heterocycles. The molecule has 2 heterocycles. The number of aliphatic imine (C=N–C) groups is 1. The van der Waals surface area contributed by atoms with Crippen molar-refractivity contribution in [2.45, 2.75) is 64.6 Å². The Morgan fingerprint density at radius 3 is 2.41 bits per heavy atom. The standard InChI is InChI=1S/C18H32FN3/c1-14(2)21-8-10-22(11-9-21)18-7-6-16(13-20-18)15-4-3-5-17(19)12-15/h14-17H,3-13H2,1-2H3. The van der Waals surface area contributed by atoms with Crippen molar-refractivity contribution in [3.8, 4) is 0 Å². The summed E-state index contributed by atoms with van der Waals surface area (Å²) in [5.41, 5.74) is 0.